The first-order valence-corrected chi connectivity index (χ1v) is 11.8. The molecule has 2 amide bonds. The Kier molecular flexibility index (Phi) is 7.67. The number of anilines is 2. The number of aryl methyl sites for hydroxylation is 1. The van der Waals surface area contributed by atoms with E-state index in [1.165, 1.54) is 11.8 Å². The number of carbonyl (C=O) groups excluding carboxylic acids is 2. The van der Waals surface area contributed by atoms with E-state index in [1.54, 1.807) is 25.1 Å². The van der Waals surface area contributed by atoms with Crippen LogP contribution in [0, 0.1) is 6.92 Å². The van der Waals surface area contributed by atoms with Gasteiger partial charge in [-0.2, -0.15) is 0 Å². The topological polar surface area (TPSA) is 84.2 Å². The molecule has 1 heterocycles. The van der Waals surface area contributed by atoms with Gasteiger partial charge in [0.05, 0.1) is 6.42 Å². The van der Waals surface area contributed by atoms with Crippen LogP contribution < -0.4 is 10.6 Å². The second kappa shape index (κ2) is 11.0. The first-order chi connectivity index (χ1) is 16.5. The number of benzene rings is 3. The van der Waals surface area contributed by atoms with E-state index in [0.29, 0.717) is 22.3 Å². The molecule has 0 aliphatic heterocycles. The molecule has 4 aromatic rings. The van der Waals surface area contributed by atoms with Crippen LogP contribution in [0.1, 0.15) is 22.1 Å². The Labute approximate surface area is 206 Å². The summed E-state index contributed by atoms with van der Waals surface area (Å²) in [6, 6.07) is 25.8. The molecule has 2 N–H and O–H groups in total. The largest absolute Gasteiger partial charge is 0.360 e. The van der Waals surface area contributed by atoms with Crippen molar-refractivity contribution in [3.8, 4) is 0 Å². The quantitative estimate of drug-likeness (QED) is 0.283. The average Bonchev–Trinajstić information content (AvgIpc) is 3.24. The highest BCUT2D eigenvalue weighted by Crippen LogP contribution is 2.37. The molecule has 0 fully saturated rings. The number of aromatic nitrogens is 1. The first kappa shape index (κ1) is 23.6. The number of rotatable bonds is 8. The standard InChI is InChI=1S/C26H22ClN3O3S/c1-17-14-23(30-33-17)29-26(32)25(19-6-3-2-4-7-19)34-22-9-5-8-21(16-22)28-24(31)15-18-10-12-20(27)13-11-18/h2-14,16,25H,15H2,1H3,(H,28,31)(H,29,30,32). The Bertz CT molecular complexity index is 1280. The molecule has 4 rings (SSSR count). The molecule has 0 aliphatic rings. The molecule has 3 aromatic carbocycles. The molecule has 0 spiro atoms. The third kappa shape index (κ3) is 6.50. The van der Waals surface area contributed by atoms with Gasteiger partial charge < -0.3 is 15.2 Å². The van der Waals surface area contributed by atoms with E-state index in [0.717, 1.165) is 16.0 Å². The summed E-state index contributed by atoms with van der Waals surface area (Å²) in [5, 5.41) is 9.69. The van der Waals surface area contributed by atoms with Crippen LogP contribution in [0.5, 0.6) is 0 Å². The summed E-state index contributed by atoms with van der Waals surface area (Å²) in [7, 11) is 0. The molecule has 0 radical (unpaired) electrons. The lowest BCUT2D eigenvalue weighted by atomic mass is 10.1. The number of hydrogen-bond donors (Lipinski definition) is 2. The van der Waals surface area contributed by atoms with Gasteiger partial charge in [-0.3, -0.25) is 9.59 Å². The zero-order valence-electron chi connectivity index (χ0n) is 18.3. The van der Waals surface area contributed by atoms with Gasteiger partial charge in [0.1, 0.15) is 11.0 Å². The first-order valence-electron chi connectivity index (χ1n) is 10.6. The number of nitrogens with zero attached hydrogens (tertiary/aromatic N) is 1. The van der Waals surface area contributed by atoms with E-state index in [2.05, 4.69) is 15.8 Å². The zero-order valence-corrected chi connectivity index (χ0v) is 19.9. The maximum atomic E-state index is 13.1. The highest BCUT2D eigenvalue weighted by Gasteiger charge is 2.23. The Balaban J connectivity index is 1.48. The molecular formula is C26H22ClN3O3S. The molecule has 1 aromatic heterocycles. The van der Waals surface area contributed by atoms with Gasteiger partial charge in [0.15, 0.2) is 5.82 Å². The predicted molar refractivity (Wildman–Crippen MR) is 135 cm³/mol. The Morgan fingerprint density at radius 1 is 0.971 bits per heavy atom. The molecule has 172 valence electrons. The van der Waals surface area contributed by atoms with Gasteiger partial charge in [0.2, 0.25) is 11.8 Å². The van der Waals surface area contributed by atoms with Crippen molar-refractivity contribution in [1.82, 2.24) is 5.16 Å². The SMILES string of the molecule is Cc1cc(NC(=O)C(Sc2cccc(NC(=O)Cc3ccc(Cl)cc3)c2)c2ccccc2)no1. The summed E-state index contributed by atoms with van der Waals surface area (Å²) in [6.45, 7) is 1.76. The van der Waals surface area contributed by atoms with Gasteiger partial charge in [0.25, 0.3) is 0 Å². The predicted octanol–water partition coefficient (Wildman–Crippen LogP) is 6.29. The minimum absolute atomic E-state index is 0.136. The van der Waals surface area contributed by atoms with Crippen LogP contribution >= 0.6 is 23.4 Å². The van der Waals surface area contributed by atoms with E-state index < -0.39 is 5.25 Å². The normalized spacial score (nSPS) is 11.6. The fourth-order valence-corrected chi connectivity index (χ4v) is 4.50. The summed E-state index contributed by atoms with van der Waals surface area (Å²) in [4.78, 5) is 26.5. The fourth-order valence-electron chi connectivity index (χ4n) is 3.29. The minimum atomic E-state index is -0.529. The molecule has 0 saturated heterocycles. The minimum Gasteiger partial charge on any atom is -0.360 e. The van der Waals surface area contributed by atoms with Gasteiger partial charge in [-0.05, 0) is 48.4 Å². The van der Waals surface area contributed by atoms with Crippen LogP contribution in [0.3, 0.4) is 0 Å². The third-order valence-electron chi connectivity index (χ3n) is 4.87. The van der Waals surface area contributed by atoms with Crippen molar-refractivity contribution in [3.05, 3.63) is 107 Å². The summed E-state index contributed by atoms with van der Waals surface area (Å²) in [6.07, 6.45) is 0.237. The fraction of sp³-hybridized carbons (Fsp3) is 0.115. The maximum Gasteiger partial charge on any atom is 0.243 e. The van der Waals surface area contributed by atoms with Gasteiger partial charge in [0, 0.05) is 21.7 Å². The molecule has 1 atom stereocenters. The van der Waals surface area contributed by atoms with E-state index in [9.17, 15) is 9.59 Å². The van der Waals surface area contributed by atoms with E-state index in [1.807, 2.05) is 66.7 Å². The molecule has 1 unspecified atom stereocenters. The number of hydrogen-bond acceptors (Lipinski definition) is 5. The smallest absolute Gasteiger partial charge is 0.243 e. The van der Waals surface area contributed by atoms with Crippen molar-refractivity contribution < 1.29 is 14.1 Å². The zero-order chi connectivity index (χ0) is 23.9. The van der Waals surface area contributed by atoms with Crippen molar-refractivity contribution in [2.24, 2.45) is 0 Å². The molecule has 0 bridgehead atoms. The van der Waals surface area contributed by atoms with Crippen LogP contribution in [-0.2, 0) is 16.0 Å². The van der Waals surface area contributed by atoms with Crippen molar-refractivity contribution in [3.63, 3.8) is 0 Å². The molecular weight excluding hydrogens is 470 g/mol. The molecule has 0 saturated carbocycles. The van der Waals surface area contributed by atoms with E-state index in [4.69, 9.17) is 16.1 Å². The second-order valence-electron chi connectivity index (χ2n) is 7.60. The van der Waals surface area contributed by atoms with Crippen molar-refractivity contribution in [1.29, 1.82) is 0 Å². The van der Waals surface area contributed by atoms with Gasteiger partial charge in [-0.1, -0.05) is 65.3 Å². The van der Waals surface area contributed by atoms with Crippen LogP contribution in [0.4, 0.5) is 11.5 Å². The lowest BCUT2D eigenvalue weighted by Crippen LogP contribution is -2.19. The van der Waals surface area contributed by atoms with Crippen LogP contribution in [-0.4, -0.2) is 17.0 Å². The van der Waals surface area contributed by atoms with Crippen molar-refractivity contribution >= 4 is 46.7 Å². The number of carbonyl (C=O) groups is 2. The van der Waals surface area contributed by atoms with Crippen LogP contribution in [0.2, 0.25) is 5.02 Å². The summed E-state index contributed by atoms with van der Waals surface area (Å²) in [5.74, 6) is 0.624. The van der Waals surface area contributed by atoms with E-state index >= 15 is 0 Å². The highest BCUT2D eigenvalue weighted by atomic mass is 35.5. The lowest BCUT2D eigenvalue weighted by Gasteiger charge is -2.17. The van der Waals surface area contributed by atoms with Crippen LogP contribution in [0.15, 0.2) is 94.3 Å². The lowest BCUT2D eigenvalue weighted by molar-refractivity contribution is -0.116. The average molecular weight is 492 g/mol. The summed E-state index contributed by atoms with van der Waals surface area (Å²) in [5.41, 5.74) is 2.38. The Hall–Kier alpha value is -3.55. The number of nitrogens with one attached hydrogen (secondary N) is 2. The molecule has 0 aliphatic carbocycles. The van der Waals surface area contributed by atoms with E-state index in [-0.39, 0.29) is 18.2 Å². The summed E-state index contributed by atoms with van der Waals surface area (Å²) < 4.78 is 5.05. The summed E-state index contributed by atoms with van der Waals surface area (Å²) >= 11 is 7.30. The van der Waals surface area contributed by atoms with Crippen LogP contribution in [0.25, 0.3) is 0 Å². The third-order valence-corrected chi connectivity index (χ3v) is 6.37. The number of halogens is 1. The number of amides is 2. The maximum absolute atomic E-state index is 13.1. The van der Waals surface area contributed by atoms with Crippen molar-refractivity contribution in [2.45, 2.75) is 23.5 Å². The second-order valence-corrected chi connectivity index (χ2v) is 9.21. The van der Waals surface area contributed by atoms with Gasteiger partial charge >= 0.3 is 0 Å². The Morgan fingerprint density at radius 3 is 2.44 bits per heavy atom. The molecule has 34 heavy (non-hydrogen) atoms. The molecule has 6 nitrogen and oxygen atoms in total. The van der Waals surface area contributed by atoms with Crippen molar-refractivity contribution in [2.75, 3.05) is 10.6 Å². The molecule has 8 heteroatoms. The monoisotopic (exact) mass is 491 g/mol. The van der Waals surface area contributed by atoms with Gasteiger partial charge in [-0.25, -0.2) is 0 Å². The number of thioether (sulfide) groups is 1. The van der Waals surface area contributed by atoms with Gasteiger partial charge in [-0.15, -0.1) is 11.8 Å². The highest BCUT2D eigenvalue weighted by molar-refractivity contribution is 8.00. The Morgan fingerprint density at radius 2 is 1.74 bits per heavy atom.